The quantitative estimate of drug-likeness (QED) is 0.0381. The number of amides is 1. The summed E-state index contributed by atoms with van der Waals surface area (Å²) in [7, 11) is -12.1. The van der Waals surface area contributed by atoms with Crippen molar-refractivity contribution in [3.63, 3.8) is 0 Å². The van der Waals surface area contributed by atoms with Gasteiger partial charge in [0.05, 0.1) is 26.1 Å². The molecule has 0 saturated carbocycles. The molecule has 0 saturated heterocycles. The topological polar surface area (TPSA) is 329 Å². The van der Waals surface area contributed by atoms with E-state index in [9.17, 15) is 44.3 Å². The predicted octanol–water partition coefficient (Wildman–Crippen LogP) is -4.23. The van der Waals surface area contributed by atoms with E-state index in [0.717, 1.165) is 0 Å². The Morgan fingerprint density at radius 3 is 2.03 bits per heavy atom. The van der Waals surface area contributed by atoms with Crippen molar-refractivity contribution in [1.29, 1.82) is 0 Å². The highest BCUT2D eigenvalue weighted by atomic mass is 31.3. The van der Waals surface area contributed by atoms with Gasteiger partial charge in [0.25, 0.3) is 5.08 Å². The molecule has 1 unspecified atom stereocenters. The Labute approximate surface area is 187 Å². The van der Waals surface area contributed by atoms with Crippen LogP contribution in [0.15, 0.2) is 10.2 Å². The van der Waals surface area contributed by atoms with Crippen LogP contribution in [0.3, 0.4) is 0 Å². The van der Waals surface area contributed by atoms with Crippen LogP contribution in [0.2, 0.25) is 0 Å². The molecule has 0 aliphatic heterocycles. The van der Waals surface area contributed by atoms with Crippen LogP contribution in [-0.2, 0) is 14.3 Å². The average molecular weight is 514 g/mol. The summed E-state index contributed by atoms with van der Waals surface area (Å²) < 4.78 is 4.92. The van der Waals surface area contributed by atoms with Gasteiger partial charge in [-0.1, -0.05) is 18.2 Å². The van der Waals surface area contributed by atoms with Gasteiger partial charge in [-0.2, -0.15) is 0 Å². The smallest absolute Gasteiger partial charge is 0.306 e. The Balaban J connectivity index is 4.58. The van der Waals surface area contributed by atoms with Crippen molar-refractivity contribution < 1.29 is 53.9 Å². The summed E-state index contributed by atoms with van der Waals surface area (Å²) in [6.45, 7) is -2.22. The number of aliphatic hydroxyl groups excluding tert-OH is 1. The first-order valence-electron chi connectivity index (χ1n) is 9.01. The molecule has 0 aromatic carbocycles. The average Bonchev–Trinajstić information content (AvgIpc) is 2.73. The zero-order valence-electron chi connectivity index (χ0n) is 17.0. The lowest BCUT2D eigenvalue weighted by Crippen LogP contribution is -2.56. The predicted molar refractivity (Wildman–Crippen MR) is 101 cm³/mol. The van der Waals surface area contributed by atoms with E-state index in [0.29, 0.717) is 0 Å². The highest BCUT2D eigenvalue weighted by Gasteiger charge is 2.50. The van der Waals surface area contributed by atoms with Crippen LogP contribution in [0.5, 0.6) is 0 Å². The van der Waals surface area contributed by atoms with Gasteiger partial charge in [-0.25, -0.2) is 0 Å². The number of esters is 1. The number of nitrogens with zero attached hydrogens (tertiary/aromatic N) is 6. The van der Waals surface area contributed by atoms with Crippen LogP contribution in [0.25, 0.3) is 20.9 Å². The van der Waals surface area contributed by atoms with Gasteiger partial charge in [-0.3, -0.25) is 14.5 Å². The van der Waals surface area contributed by atoms with Gasteiger partial charge in [0.1, 0.15) is 7.94 Å². The zero-order valence-corrected chi connectivity index (χ0v) is 18.8. The number of hydrogen-bond donors (Lipinski definition) is 4. The zero-order chi connectivity index (χ0) is 25.8. The fourth-order valence-corrected chi connectivity index (χ4v) is 4.36. The second-order valence-electron chi connectivity index (χ2n) is 6.84. The molecule has 0 bridgehead atoms. The molecule has 0 radical (unpaired) electrons. The number of ether oxygens (including phenoxy) is 1. The number of azide groups is 2. The molecular weight excluding hydrogens is 492 g/mol. The Hall–Kier alpha value is -1.90. The van der Waals surface area contributed by atoms with E-state index in [1.807, 2.05) is 0 Å². The lowest BCUT2D eigenvalue weighted by Gasteiger charge is -2.57. The van der Waals surface area contributed by atoms with Gasteiger partial charge in [0, 0.05) is 41.3 Å². The minimum Gasteiger partial charge on any atom is -0.683 e. The number of hydrogen-bond acceptors (Lipinski definition) is 13. The van der Waals surface area contributed by atoms with Crippen molar-refractivity contribution in [3.05, 3.63) is 20.9 Å². The molecule has 0 aromatic rings. The fourth-order valence-electron chi connectivity index (χ4n) is 2.25. The van der Waals surface area contributed by atoms with Gasteiger partial charge < -0.3 is 44.7 Å². The van der Waals surface area contributed by atoms with Crippen molar-refractivity contribution in [1.82, 2.24) is 5.32 Å². The first-order chi connectivity index (χ1) is 15.2. The Bertz CT molecular complexity index is 727. The molecule has 0 spiro atoms. The fraction of sp³-hybridized carbons (Fsp3) is 0.846. The first-order valence-corrected chi connectivity index (χ1v) is 12.1. The van der Waals surface area contributed by atoms with E-state index in [1.54, 1.807) is 0 Å². The molecule has 20 heteroatoms. The lowest BCUT2D eigenvalue weighted by atomic mass is 9.90. The second kappa shape index (κ2) is 13.7. The molecule has 0 rings (SSSR count). The maximum Gasteiger partial charge on any atom is 0.306 e. The molecule has 33 heavy (non-hydrogen) atoms. The third-order valence-corrected chi connectivity index (χ3v) is 7.99. The summed E-state index contributed by atoms with van der Waals surface area (Å²) in [5, 5.41) is 23.8. The first kappa shape index (κ1) is 31.1. The van der Waals surface area contributed by atoms with Crippen LogP contribution >= 0.6 is 15.9 Å². The van der Waals surface area contributed by atoms with Crippen molar-refractivity contribution in [3.8, 4) is 0 Å². The van der Waals surface area contributed by atoms with E-state index >= 15 is 0 Å². The van der Waals surface area contributed by atoms with E-state index in [-0.39, 0.29) is 13.1 Å². The summed E-state index contributed by atoms with van der Waals surface area (Å²) in [4.78, 5) is 92.4. The van der Waals surface area contributed by atoms with Gasteiger partial charge in [0.15, 0.2) is 0 Å². The molecule has 188 valence electrons. The number of aliphatic hydroxyl groups is 2. The molecule has 0 fully saturated rings. The molecule has 0 aliphatic rings. The molecule has 0 aliphatic carbocycles. The monoisotopic (exact) mass is 514 g/mol. The van der Waals surface area contributed by atoms with Crippen LogP contribution in [-0.4, -0.2) is 64.9 Å². The third-order valence-electron chi connectivity index (χ3n) is 4.27. The summed E-state index contributed by atoms with van der Waals surface area (Å²) in [6, 6.07) is 0. The highest BCUT2D eigenvalue weighted by Crippen LogP contribution is 2.67. The number of carbonyl (C=O) groups excluding carboxylic acids is 2. The lowest BCUT2D eigenvalue weighted by molar-refractivity contribution is -0.444. The molecule has 0 heterocycles. The minimum absolute atomic E-state index is 0.344. The maximum absolute atomic E-state index is 11.8. The van der Waals surface area contributed by atoms with Gasteiger partial charge >= 0.3 is 5.97 Å². The molecule has 1 atom stereocenters. The van der Waals surface area contributed by atoms with Gasteiger partial charge in [-0.15, -0.1) is 0 Å². The Kier molecular flexibility index (Phi) is 12.9. The highest BCUT2D eigenvalue weighted by molar-refractivity contribution is 7.75. The summed E-state index contributed by atoms with van der Waals surface area (Å²) in [6.07, 6.45) is -2.60. The number of carbonyl (C=O) groups is 2. The van der Waals surface area contributed by atoms with Crippen LogP contribution in [0, 0.1) is 5.41 Å². The van der Waals surface area contributed by atoms with Gasteiger partial charge in [-0.05, 0) is 17.5 Å². The van der Waals surface area contributed by atoms with Gasteiger partial charge in [0.2, 0.25) is 5.91 Å². The molecule has 1 amide bonds. The second-order valence-corrected chi connectivity index (χ2v) is 10.7. The van der Waals surface area contributed by atoms with Crippen LogP contribution < -0.4 is 29.8 Å². The van der Waals surface area contributed by atoms with E-state index < -0.39 is 83.7 Å². The Morgan fingerprint density at radius 2 is 1.61 bits per heavy atom. The maximum atomic E-state index is 11.8. The van der Waals surface area contributed by atoms with E-state index in [1.165, 1.54) is 0 Å². The van der Waals surface area contributed by atoms with Crippen molar-refractivity contribution in [2.75, 3.05) is 32.8 Å². The van der Waals surface area contributed by atoms with Crippen molar-refractivity contribution in [2.45, 2.75) is 30.8 Å². The number of rotatable bonds is 16. The van der Waals surface area contributed by atoms with E-state index in [4.69, 9.17) is 20.7 Å². The SMILES string of the molecule is [N-]=[N+]=NCC(CO)(CN=[N+]=[N-])COC(=O)CCC(=O)NCCCC(O)([P+]([O-])([O-])[O-])[P+]([O-])([O-])O. The minimum atomic E-state index is -6.15. The summed E-state index contributed by atoms with van der Waals surface area (Å²) in [5.74, 6) is -1.65. The molecule has 4 N–H and O–H groups in total. The van der Waals surface area contributed by atoms with Crippen molar-refractivity contribution in [2.24, 2.45) is 15.6 Å². The number of nitrogens with one attached hydrogen (secondary N) is 1. The largest absolute Gasteiger partial charge is 0.683 e. The molecule has 18 nitrogen and oxygen atoms in total. The van der Waals surface area contributed by atoms with Crippen molar-refractivity contribution >= 4 is 27.8 Å². The summed E-state index contributed by atoms with van der Waals surface area (Å²) in [5.41, 5.74) is 15.5. The molecular formula is C13H22N7O11P2-3. The molecule has 0 aromatic heterocycles. The normalized spacial score (nSPS) is 15.3. The standard InChI is InChI=1S/C13H25N7O11P2/c14-19-17-6-12(8-21,7-18-20-15)9-31-11(23)3-2-10(22)16-5-1-4-13(24,32(25,26)27)33(28,29)30/h21,24H,1-9H2,(H,16,22)(H2,25,26,27)(H2,28,29,30)/p-3. The van der Waals surface area contributed by atoms with E-state index in [2.05, 4.69) is 25.4 Å². The van der Waals surface area contributed by atoms with Crippen LogP contribution in [0.1, 0.15) is 25.7 Å². The van der Waals surface area contributed by atoms with Crippen LogP contribution in [0.4, 0.5) is 0 Å². The third kappa shape index (κ3) is 10.3. The summed E-state index contributed by atoms with van der Waals surface area (Å²) >= 11 is 0. The Morgan fingerprint density at radius 1 is 1.06 bits per heavy atom.